The summed E-state index contributed by atoms with van der Waals surface area (Å²) in [6.07, 6.45) is 2.05. The summed E-state index contributed by atoms with van der Waals surface area (Å²) < 4.78 is 22.0. The predicted molar refractivity (Wildman–Crippen MR) is 123 cm³/mol. The lowest BCUT2D eigenvalue weighted by Crippen LogP contribution is -2.25. The average Bonchev–Trinajstić information content (AvgIpc) is 3.61. The average molecular weight is 469 g/mol. The molecular formula is C25H25ClN2O5. The maximum atomic E-state index is 12.6. The number of epoxide rings is 1. The van der Waals surface area contributed by atoms with Gasteiger partial charge in [-0.1, -0.05) is 49.2 Å². The fraction of sp³-hybridized carbons (Fsp3) is 0.360. The molecule has 33 heavy (non-hydrogen) atoms. The minimum absolute atomic E-state index is 0.0268. The zero-order valence-corrected chi connectivity index (χ0v) is 19.1. The molecule has 0 N–H and O–H groups in total. The van der Waals surface area contributed by atoms with Crippen molar-refractivity contribution < 1.29 is 23.7 Å². The van der Waals surface area contributed by atoms with Crippen molar-refractivity contribution in [3.63, 3.8) is 0 Å². The third kappa shape index (κ3) is 5.66. The maximum absolute atomic E-state index is 12.6. The van der Waals surface area contributed by atoms with Gasteiger partial charge in [0.25, 0.3) is 0 Å². The summed E-state index contributed by atoms with van der Waals surface area (Å²) in [5.74, 6) is -0.0593. The van der Waals surface area contributed by atoms with Gasteiger partial charge in [-0.15, -0.1) is 0 Å². The number of halogens is 1. The molecule has 4 rings (SSSR count). The van der Waals surface area contributed by atoms with Crippen LogP contribution in [0.5, 0.6) is 5.75 Å². The second-order valence-corrected chi connectivity index (χ2v) is 8.20. The standard InChI is InChI=1S/C25H25ClN2O5/c1-2-3-10-28-21-9-8-19(26)13-22(21)33-24(28)20(14-27)25(29)31-12-11-30-15-17-4-6-18(7-5-17)23-16-32-23/h4-9,13,23H,2-3,10-12,15-16H2,1H3. The van der Waals surface area contributed by atoms with E-state index >= 15 is 0 Å². The Kier molecular flexibility index (Phi) is 7.50. The fourth-order valence-corrected chi connectivity index (χ4v) is 3.65. The Hall–Kier alpha value is -3.05. The molecule has 0 saturated carbocycles. The Balaban J connectivity index is 1.33. The third-order valence-corrected chi connectivity index (χ3v) is 5.58. The number of hydrogen-bond donors (Lipinski definition) is 0. The van der Waals surface area contributed by atoms with Crippen LogP contribution in [-0.4, -0.2) is 32.3 Å². The van der Waals surface area contributed by atoms with Crippen LogP contribution in [0.4, 0.5) is 5.69 Å². The number of carbonyl (C=O) groups is 1. The van der Waals surface area contributed by atoms with Crippen LogP contribution in [0.1, 0.15) is 37.0 Å². The molecule has 1 unspecified atom stereocenters. The zero-order chi connectivity index (χ0) is 23.2. The maximum Gasteiger partial charge on any atom is 0.354 e. The van der Waals surface area contributed by atoms with Crippen molar-refractivity contribution in [2.75, 3.05) is 31.3 Å². The van der Waals surface area contributed by atoms with E-state index in [0.717, 1.165) is 36.3 Å². The zero-order valence-electron chi connectivity index (χ0n) is 18.4. The Morgan fingerprint density at radius 2 is 2.03 bits per heavy atom. The molecule has 8 heteroatoms. The van der Waals surface area contributed by atoms with Crippen LogP contribution in [0.3, 0.4) is 0 Å². The van der Waals surface area contributed by atoms with Crippen LogP contribution in [0.25, 0.3) is 0 Å². The first-order valence-corrected chi connectivity index (χ1v) is 11.3. The molecule has 0 spiro atoms. The molecule has 1 atom stereocenters. The van der Waals surface area contributed by atoms with Crippen molar-refractivity contribution in [3.8, 4) is 11.8 Å². The van der Waals surface area contributed by atoms with Crippen molar-refractivity contribution >= 4 is 23.3 Å². The van der Waals surface area contributed by atoms with Gasteiger partial charge in [0.05, 0.1) is 25.5 Å². The Morgan fingerprint density at radius 3 is 2.73 bits per heavy atom. The molecule has 2 aromatic rings. The minimum Gasteiger partial charge on any atom is -0.459 e. The molecule has 0 radical (unpaired) electrons. The van der Waals surface area contributed by atoms with Crippen LogP contribution in [0, 0.1) is 11.3 Å². The van der Waals surface area contributed by atoms with Crippen LogP contribution in [0.15, 0.2) is 53.9 Å². The second kappa shape index (κ2) is 10.7. The van der Waals surface area contributed by atoms with E-state index in [4.69, 9.17) is 30.5 Å². The van der Waals surface area contributed by atoms with E-state index in [-0.39, 0.29) is 30.8 Å². The molecule has 2 aliphatic heterocycles. The second-order valence-electron chi connectivity index (χ2n) is 7.76. The van der Waals surface area contributed by atoms with E-state index in [1.807, 2.05) is 41.3 Å². The van der Waals surface area contributed by atoms with Gasteiger partial charge in [-0.05, 0) is 29.7 Å². The molecule has 2 heterocycles. The van der Waals surface area contributed by atoms with E-state index in [0.29, 0.717) is 23.9 Å². The number of benzene rings is 2. The van der Waals surface area contributed by atoms with Gasteiger partial charge in [0.2, 0.25) is 5.88 Å². The van der Waals surface area contributed by atoms with Gasteiger partial charge in [-0.2, -0.15) is 5.26 Å². The van der Waals surface area contributed by atoms with Crippen LogP contribution in [0.2, 0.25) is 5.02 Å². The Bertz CT molecular complexity index is 1070. The first-order valence-electron chi connectivity index (χ1n) is 10.9. The molecule has 2 aromatic carbocycles. The number of anilines is 1. The molecule has 172 valence electrons. The van der Waals surface area contributed by atoms with E-state index in [1.165, 1.54) is 0 Å². The van der Waals surface area contributed by atoms with Crippen molar-refractivity contribution in [1.29, 1.82) is 5.26 Å². The largest absolute Gasteiger partial charge is 0.459 e. The topological polar surface area (TPSA) is 84.3 Å². The highest BCUT2D eigenvalue weighted by atomic mass is 35.5. The predicted octanol–water partition coefficient (Wildman–Crippen LogP) is 4.91. The summed E-state index contributed by atoms with van der Waals surface area (Å²) in [6, 6.07) is 15.2. The monoisotopic (exact) mass is 468 g/mol. The molecular weight excluding hydrogens is 444 g/mol. The van der Waals surface area contributed by atoms with E-state index in [1.54, 1.807) is 12.1 Å². The number of carbonyl (C=O) groups excluding carboxylic acids is 1. The van der Waals surface area contributed by atoms with Crippen molar-refractivity contribution in [2.24, 2.45) is 0 Å². The lowest BCUT2D eigenvalue weighted by molar-refractivity contribution is -0.140. The number of hydrogen-bond acceptors (Lipinski definition) is 7. The molecule has 7 nitrogen and oxygen atoms in total. The number of rotatable bonds is 10. The molecule has 0 bridgehead atoms. The number of nitriles is 1. The molecule has 0 aromatic heterocycles. The molecule has 1 fully saturated rings. The van der Waals surface area contributed by atoms with Crippen molar-refractivity contribution in [1.82, 2.24) is 0 Å². The van der Waals surface area contributed by atoms with Gasteiger partial charge in [-0.3, -0.25) is 0 Å². The molecule has 1 saturated heterocycles. The normalized spacial score (nSPS) is 17.7. The smallest absolute Gasteiger partial charge is 0.354 e. The highest BCUT2D eigenvalue weighted by molar-refractivity contribution is 6.30. The summed E-state index contributed by atoms with van der Waals surface area (Å²) in [4.78, 5) is 14.5. The van der Waals surface area contributed by atoms with Crippen molar-refractivity contribution in [2.45, 2.75) is 32.5 Å². The van der Waals surface area contributed by atoms with E-state index in [2.05, 4.69) is 6.92 Å². The lowest BCUT2D eigenvalue weighted by Gasteiger charge is -2.18. The summed E-state index contributed by atoms with van der Waals surface area (Å²) in [5.41, 5.74) is 2.77. The van der Waals surface area contributed by atoms with Crippen LogP contribution in [-0.2, 0) is 25.6 Å². The first kappa shape index (κ1) is 23.1. The number of ether oxygens (including phenoxy) is 4. The molecule has 0 aliphatic carbocycles. The lowest BCUT2D eigenvalue weighted by atomic mass is 10.1. The van der Waals surface area contributed by atoms with Crippen molar-refractivity contribution in [3.05, 3.63) is 70.1 Å². The summed E-state index contributed by atoms with van der Waals surface area (Å²) >= 11 is 6.08. The molecule has 2 aliphatic rings. The summed E-state index contributed by atoms with van der Waals surface area (Å²) in [5, 5.41) is 10.2. The third-order valence-electron chi connectivity index (χ3n) is 5.34. The van der Waals surface area contributed by atoms with Gasteiger partial charge >= 0.3 is 5.97 Å². The van der Waals surface area contributed by atoms with Gasteiger partial charge in [0.15, 0.2) is 11.3 Å². The minimum atomic E-state index is -0.745. The van der Waals surface area contributed by atoms with E-state index in [9.17, 15) is 10.1 Å². The van der Waals surface area contributed by atoms with Gasteiger partial charge < -0.3 is 23.8 Å². The number of nitrogens with zero attached hydrogens (tertiary/aromatic N) is 2. The highest BCUT2D eigenvalue weighted by Gasteiger charge is 2.32. The Morgan fingerprint density at radius 1 is 1.24 bits per heavy atom. The van der Waals surface area contributed by atoms with Crippen LogP contribution >= 0.6 is 11.6 Å². The van der Waals surface area contributed by atoms with E-state index < -0.39 is 5.97 Å². The van der Waals surface area contributed by atoms with Gasteiger partial charge in [0, 0.05) is 17.6 Å². The number of unbranched alkanes of at least 4 members (excludes halogenated alkanes) is 1. The van der Waals surface area contributed by atoms with Crippen LogP contribution < -0.4 is 9.64 Å². The summed E-state index contributed by atoms with van der Waals surface area (Å²) in [6.45, 7) is 4.09. The fourth-order valence-electron chi connectivity index (χ4n) is 3.49. The SMILES string of the molecule is CCCCN1C(=C(C#N)C(=O)OCCOCc2ccc(C3CO3)cc2)Oc2cc(Cl)ccc21. The van der Waals surface area contributed by atoms with Gasteiger partial charge in [0.1, 0.15) is 18.8 Å². The molecule has 0 amide bonds. The number of esters is 1. The first-order chi connectivity index (χ1) is 16.1. The Labute approximate surface area is 198 Å². The number of fused-ring (bicyclic) bond motifs is 1. The quantitative estimate of drug-likeness (QED) is 0.161. The van der Waals surface area contributed by atoms with Gasteiger partial charge in [-0.25, -0.2) is 4.79 Å². The summed E-state index contributed by atoms with van der Waals surface area (Å²) in [7, 11) is 0. The highest BCUT2D eigenvalue weighted by Crippen LogP contribution is 2.41.